The first-order chi connectivity index (χ1) is 7.91. The minimum atomic E-state index is -0.495. The Labute approximate surface area is 113 Å². The van der Waals surface area contributed by atoms with E-state index in [1.807, 2.05) is 37.2 Å². The second-order valence-corrected chi connectivity index (χ2v) is 6.60. The maximum absolute atomic E-state index is 10.2. The lowest BCUT2D eigenvalue weighted by molar-refractivity contribution is 0.136. The van der Waals surface area contributed by atoms with Crippen molar-refractivity contribution in [2.75, 3.05) is 20.6 Å². The van der Waals surface area contributed by atoms with Gasteiger partial charge >= 0.3 is 0 Å². The van der Waals surface area contributed by atoms with Crippen LogP contribution in [0.25, 0.3) is 0 Å². The van der Waals surface area contributed by atoms with Crippen LogP contribution in [0.1, 0.15) is 25.5 Å². The fourth-order valence-corrected chi connectivity index (χ4v) is 2.90. The minimum absolute atomic E-state index is 0.445. The number of hydrogen-bond donors (Lipinski definition) is 1. The van der Waals surface area contributed by atoms with Gasteiger partial charge < -0.3 is 10.0 Å². The third-order valence-corrected chi connectivity index (χ3v) is 3.84. The van der Waals surface area contributed by atoms with Crippen LogP contribution in [0.3, 0.4) is 0 Å². The predicted molar refractivity (Wildman–Crippen MR) is 76.0 cm³/mol. The van der Waals surface area contributed by atoms with E-state index in [0.29, 0.717) is 11.8 Å². The van der Waals surface area contributed by atoms with Crippen molar-refractivity contribution >= 4 is 23.4 Å². The van der Waals surface area contributed by atoms with Crippen molar-refractivity contribution in [2.24, 2.45) is 0 Å². The van der Waals surface area contributed by atoms with Gasteiger partial charge in [-0.3, -0.25) is 0 Å². The zero-order valence-electron chi connectivity index (χ0n) is 10.8. The molecule has 1 atom stereocenters. The highest BCUT2D eigenvalue weighted by Gasteiger charge is 2.16. The van der Waals surface area contributed by atoms with Gasteiger partial charge in [-0.2, -0.15) is 0 Å². The zero-order chi connectivity index (χ0) is 13.0. The number of benzene rings is 1. The largest absolute Gasteiger partial charge is 0.387 e. The first-order valence-corrected chi connectivity index (χ1v) is 6.95. The Hall–Kier alpha value is -0.220. The molecule has 1 aromatic rings. The van der Waals surface area contributed by atoms with Gasteiger partial charge in [0.05, 0.1) is 11.1 Å². The van der Waals surface area contributed by atoms with Crippen molar-refractivity contribution in [3.63, 3.8) is 0 Å². The summed E-state index contributed by atoms with van der Waals surface area (Å²) in [5, 5.41) is 11.4. The lowest BCUT2D eigenvalue weighted by Gasteiger charge is -2.20. The van der Waals surface area contributed by atoms with E-state index < -0.39 is 6.10 Å². The van der Waals surface area contributed by atoms with Gasteiger partial charge in [-0.25, -0.2) is 0 Å². The Bertz CT molecular complexity index is 368. The van der Waals surface area contributed by atoms with E-state index in [0.717, 1.165) is 15.5 Å². The summed E-state index contributed by atoms with van der Waals surface area (Å²) in [6.07, 6.45) is -0.495. The zero-order valence-corrected chi connectivity index (χ0v) is 12.3. The molecule has 0 spiro atoms. The monoisotopic (exact) mass is 273 g/mol. The average molecular weight is 274 g/mol. The van der Waals surface area contributed by atoms with Gasteiger partial charge in [0.15, 0.2) is 0 Å². The van der Waals surface area contributed by atoms with Gasteiger partial charge in [-0.05, 0) is 25.7 Å². The highest BCUT2D eigenvalue weighted by molar-refractivity contribution is 8.00. The molecule has 0 amide bonds. The van der Waals surface area contributed by atoms with E-state index in [1.165, 1.54) is 0 Å². The molecule has 96 valence electrons. The number of hydrogen-bond acceptors (Lipinski definition) is 3. The van der Waals surface area contributed by atoms with Crippen molar-refractivity contribution in [3.05, 3.63) is 28.8 Å². The summed E-state index contributed by atoms with van der Waals surface area (Å²) in [4.78, 5) is 2.97. The van der Waals surface area contributed by atoms with Crippen LogP contribution in [-0.2, 0) is 0 Å². The maximum Gasteiger partial charge on any atom is 0.0927 e. The lowest BCUT2D eigenvalue weighted by atomic mass is 10.1. The molecule has 0 saturated heterocycles. The van der Waals surface area contributed by atoms with Crippen molar-refractivity contribution in [1.82, 2.24) is 4.90 Å². The molecule has 1 rings (SSSR count). The molecular weight excluding hydrogens is 254 g/mol. The van der Waals surface area contributed by atoms with Crippen LogP contribution in [-0.4, -0.2) is 35.9 Å². The Morgan fingerprint density at radius 3 is 2.53 bits per heavy atom. The quantitative estimate of drug-likeness (QED) is 0.832. The smallest absolute Gasteiger partial charge is 0.0927 e. The molecule has 4 heteroatoms. The molecule has 0 aliphatic heterocycles. The molecule has 1 aromatic carbocycles. The average Bonchev–Trinajstić information content (AvgIpc) is 2.19. The summed E-state index contributed by atoms with van der Waals surface area (Å²) in [7, 11) is 3.89. The molecule has 0 aliphatic rings. The van der Waals surface area contributed by atoms with E-state index in [9.17, 15) is 5.11 Å². The molecule has 0 bridgehead atoms. The van der Waals surface area contributed by atoms with Gasteiger partial charge in [0.2, 0.25) is 0 Å². The van der Waals surface area contributed by atoms with E-state index >= 15 is 0 Å². The van der Waals surface area contributed by atoms with Gasteiger partial charge in [-0.1, -0.05) is 37.6 Å². The van der Waals surface area contributed by atoms with Crippen LogP contribution in [0, 0.1) is 0 Å². The first-order valence-electron chi connectivity index (χ1n) is 5.69. The van der Waals surface area contributed by atoms with Crippen molar-refractivity contribution in [2.45, 2.75) is 30.1 Å². The lowest BCUT2D eigenvalue weighted by Crippen LogP contribution is -2.20. The Morgan fingerprint density at radius 2 is 2.00 bits per heavy atom. The van der Waals surface area contributed by atoms with Crippen molar-refractivity contribution in [1.29, 1.82) is 0 Å². The second-order valence-electron chi connectivity index (χ2n) is 4.60. The number of likely N-dealkylation sites (N-methyl/N-ethyl adjacent to an activating group) is 1. The van der Waals surface area contributed by atoms with Crippen LogP contribution in [0.2, 0.25) is 5.02 Å². The van der Waals surface area contributed by atoms with Gasteiger partial charge in [0.1, 0.15) is 0 Å². The minimum Gasteiger partial charge on any atom is -0.387 e. The Morgan fingerprint density at radius 1 is 1.35 bits per heavy atom. The van der Waals surface area contributed by atoms with E-state index in [1.54, 1.807) is 11.8 Å². The molecule has 0 aliphatic carbocycles. The molecular formula is C13H20ClNOS. The molecule has 0 fully saturated rings. The number of aliphatic hydroxyl groups is 1. The third kappa shape index (κ3) is 4.51. The Kier molecular flexibility index (Phi) is 5.80. The maximum atomic E-state index is 10.2. The molecule has 2 nitrogen and oxygen atoms in total. The van der Waals surface area contributed by atoms with Crippen LogP contribution >= 0.6 is 23.4 Å². The molecule has 17 heavy (non-hydrogen) atoms. The number of nitrogens with zero attached hydrogens (tertiary/aromatic N) is 1. The molecule has 1 unspecified atom stereocenters. The fourth-order valence-electron chi connectivity index (χ4n) is 1.59. The van der Waals surface area contributed by atoms with E-state index in [4.69, 9.17) is 11.6 Å². The molecule has 0 aromatic heterocycles. The Balaban J connectivity index is 3.01. The third-order valence-electron chi connectivity index (χ3n) is 2.25. The molecule has 0 saturated carbocycles. The van der Waals surface area contributed by atoms with Gasteiger partial charge in [0, 0.05) is 16.7 Å². The number of aliphatic hydroxyl groups excluding tert-OH is 1. The van der Waals surface area contributed by atoms with Crippen LogP contribution in [0.4, 0.5) is 0 Å². The van der Waals surface area contributed by atoms with Crippen LogP contribution in [0.15, 0.2) is 23.1 Å². The second kappa shape index (κ2) is 6.64. The number of thioether (sulfide) groups is 1. The summed E-state index contributed by atoms with van der Waals surface area (Å²) >= 11 is 7.91. The standard InChI is InChI=1S/C13H20ClNOS/c1-9(2)17-13-10(6-5-7-11(13)14)12(16)8-15(3)4/h5-7,9,12,16H,8H2,1-4H3. The van der Waals surface area contributed by atoms with E-state index in [-0.39, 0.29) is 0 Å². The summed E-state index contributed by atoms with van der Waals surface area (Å²) < 4.78 is 0. The summed E-state index contributed by atoms with van der Waals surface area (Å²) in [5.41, 5.74) is 0.921. The molecule has 0 heterocycles. The molecule has 1 N–H and O–H groups in total. The summed E-state index contributed by atoms with van der Waals surface area (Å²) in [6.45, 7) is 4.85. The van der Waals surface area contributed by atoms with Crippen LogP contribution < -0.4 is 0 Å². The normalized spacial score (nSPS) is 13.4. The SMILES string of the molecule is CC(C)Sc1c(Cl)cccc1C(O)CN(C)C. The predicted octanol–water partition coefficient (Wildman–Crippen LogP) is 3.44. The topological polar surface area (TPSA) is 23.5 Å². The van der Waals surface area contributed by atoms with Gasteiger partial charge in [-0.15, -0.1) is 11.8 Å². The van der Waals surface area contributed by atoms with Crippen LogP contribution in [0.5, 0.6) is 0 Å². The summed E-state index contributed by atoms with van der Waals surface area (Å²) in [5.74, 6) is 0. The molecule has 0 radical (unpaired) electrons. The summed E-state index contributed by atoms with van der Waals surface area (Å²) in [6, 6.07) is 5.71. The van der Waals surface area contributed by atoms with Gasteiger partial charge in [0.25, 0.3) is 0 Å². The fraction of sp³-hybridized carbons (Fsp3) is 0.538. The van der Waals surface area contributed by atoms with Crippen molar-refractivity contribution < 1.29 is 5.11 Å². The number of halogens is 1. The van der Waals surface area contributed by atoms with Crippen molar-refractivity contribution in [3.8, 4) is 0 Å². The highest BCUT2D eigenvalue weighted by Crippen LogP contribution is 2.36. The first kappa shape index (κ1) is 14.8. The highest BCUT2D eigenvalue weighted by atomic mass is 35.5. The number of rotatable bonds is 5. The van der Waals surface area contributed by atoms with E-state index in [2.05, 4.69) is 13.8 Å².